The van der Waals surface area contributed by atoms with Crippen LogP contribution in [0.1, 0.15) is 24.2 Å². The lowest BCUT2D eigenvalue weighted by atomic mass is 10.1. The number of carbonyl (C=O) groups is 1. The number of esters is 1. The second-order valence-corrected chi connectivity index (χ2v) is 7.10. The van der Waals surface area contributed by atoms with Crippen molar-refractivity contribution in [2.45, 2.75) is 13.8 Å². The molecule has 0 aliphatic rings. The largest absolute Gasteiger partial charge is 0.492 e. The number of benzene rings is 3. The van der Waals surface area contributed by atoms with Crippen molar-refractivity contribution in [3.05, 3.63) is 70.7 Å². The Bertz CT molecular complexity index is 903. The summed E-state index contributed by atoms with van der Waals surface area (Å²) in [7, 11) is 0. The molecule has 3 aromatic carbocycles. The van der Waals surface area contributed by atoms with Gasteiger partial charge in [-0.25, -0.2) is 4.79 Å². The Balaban J connectivity index is 1.74. The molecule has 128 valence electrons. The lowest BCUT2D eigenvalue weighted by molar-refractivity contribution is 0.0735. The van der Waals surface area contributed by atoms with E-state index in [0.29, 0.717) is 23.8 Å². The molecule has 0 saturated heterocycles. The Hall–Kier alpha value is -2.33. The van der Waals surface area contributed by atoms with Crippen molar-refractivity contribution >= 4 is 32.7 Å². The molecule has 0 saturated carbocycles. The highest BCUT2D eigenvalue weighted by atomic mass is 79.9. The molecule has 0 unspecified atom stereocenters. The lowest BCUT2D eigenvalue weighted by Crippen LogP contribution is -2.09. The zero-order chi connectivity index (χ0) is 17.8. The van der Waals surface area contributed by atoms with Gasteiger partial charge < -0.3 is 9.47 Å². The minimum atomic E-state index is -0.397. The smallest absolute Gasteiger partial charge is 0.343 e. The fraction of sp³-hybridized carbons (Fsp3) is 0.190. The van der Waals surface area contributed by atoms with E-state index in [4.69, 9.17) is 9.47 Å². The van der Waals surface area contributed by atoms with Gasteiger partial charge in [0.25, 0.3) is 0 Å². The summed E-state index contributed by atoms with van der Waals surface area (Å²) in [6.45, 7) is 4.80. The van der Waals surface area contributed by atoms with Crippen LogP contribution in [-0.2, 0) is 0 Å². The first-order chi connectivity index (χ1) is 12.0. The lowest BCUT2D eigenvalue weighted by Gasteiger charge is -2.11. The molecule has 0 amide bonds. The number of fused-ring (bicyclic) bond motifs is 1. The van der Waals surface area contributed by atoms with Gasteiger partial charge in [-0.1, -0.05) is 44.2 Å². The maximum absolute atomic E-state index is 12.4. The number of ether oxygens (including phenoxy) is 2. The topological polar surface area (TPSA) is 35.5 Å². The van der Waals surface area contributed by atoms with Gasteiger partial charge in [-0.3, -0.25) is 0 Å². The van der Waals surface area contributed by atoms with Crippen LogP contribution in [0, 0.1) is 5.92 Å². The maximum atomic E-state index is 12.4. The number of hydrogen-bond donors (Lipinski definition) is 0. The predicted molar refractivity (Wildman–Crippen MR) is 103 cm³/mol. The molecule has 0 heterocycles. The van der Waals surface area contributed by atoms with E-state index in [2.05, 4.69) is 29.8 Å². The third kappa shape index (κ3) is 4.40. The first kappa shape index (κ1) is 17.5. The van der Waals surface area contributed by atoms with E-state index < -0.39 is 5.97 Å². The van der Waals surface area contributed by atoms with Gasteiger partial charge in [0.1, 0.15) is 11.5 Å². The molecule has 0 fully saturated rings. The van der Waals surface area contributed by atoms with Crippen molar-refractivity contribution in [2.75, 3.05) is 6.61 Å². The SMILES string of the molecule is CC(C)COc1ccc(C(=O)Oc2ccc3ccccc3c2)cc1Br. The Morgan fingerprint density at radius 1 is 1.00 bits per heavy atom. The van der Waals surface area contributed by atoms with E-state index in [1.54, 1.807) is 24.3 Å². The Kier molecular flexibility index (Phi) is 5.39. The van der Waals surface area contributed by atoms with Crippen LogP contribution >= 0.6 is 15.9 Å². The summed E-state index contributed by atoms with van der Waals surface area (Å²) in [6.07, 6.45) is 0. The molecule has 0 aromatic heterocycles. The maximum Gasteiger partial charge on any atom is 0.343 e. The summed E-state index contributed by atoms with van der Waals surface area (Å²) in [5, 5.41) is 2.14. The summed E-state index contributed by atoms with van der Waals surface area (Å²) in [5.41, 5.74) is 0.469. The Morgan fingerprint density at radius 3 is 2.48 bits per heavy atom. The molecule has 0 aliphatic heterocycles. The number of halogens is 1. The minimum Gasteiger partial charge on any atom is -0.492 e. The van der Waals surface area contributed by atoms with Crippen LogP contribution in [0.3, 0.4) is 0 Å². The molecule has 3 aromatic rings. The normalized spacial score (nSPS) is 10.9. The van der Waals surface area contributed by atoms with Crippen LogP contribution in [-0.4, -0.2) is 12.6 Å². The van der Waals surface area contributed by atoms with E-state index in [9.17, 15) is 4.79 Å². The molecular formula is C21H19BrO3. The van der Waals surface area contributed by atoms with Crippen molar-refractivity contribution in [3.8, 4) is 11.5 Å². The van der Waals surface area contributed by atoms with E-state index in [1.807, 2.05) is 36.4 Å². The predicted octanol–water partition coefficient (Wildman–Crippen LogP) is 5.86. The van der Waals surface area contributed by atoms with Crippen LogP contribution in [0.15, 0.2) is 65.1 Å². The molecule has 3 rings (SSSR count). The summed E-state index contributed by atoms with van der Waals surface area (Å²) in [4.78, 5) is 12.4. The Labute approximate surface area is 155 Å². The second kappa shape index (κ2) is 7.70. The van der Waals surface area contributed by atoms with Crippen molar-refractivity contribution in [2.24, 2.45) is 5.92 Å². The molecule has 3 nitrogen and oxygen atoms in total. The molecule has 0 N–H and O–H groups in total. The van der Waals surface area contributed by atoms with Gasteiger partial charge in [0.2, 0.25) is 0 Å². The van der Waals surface area contributed by atoms with Crippen molar-refractivity contribution < 1.29 is 14.3 Å². The van der Waals surface area contributed by atoms with Crippen molar-refractivity contribution in [1.82, 2.24) is 0 Å². The summed E-state index contributed by atoms with van der Waals surface area (Å²) >= 11 is 3.45. The third-order valence-corrected chi connectivity index (χ3v) is 4.29. The third-order valence-electron chi connectivity index (χ3n) is 3.67. The van der Waals surface area contributed by atoms with Crippen LogP contribution in [0.4, 0.5) is 0 Å². The van der Waals surface area contributed by atoms with Crippen LogP contribution < -0.4 is 9.47 Å². The standard InChI is InChI=1S/C21H19BrO3/c1-14(2)13-24-20-10-8-17(12-19(20)22)21(23)25-18-9-7-15-5-3-4-6-16(15)11-18/h3-12,14H,13H2,1-2H3. The summed E-state index contributed by atoms with van der Waals surface area (Å²) in [5.74, 6) is 1.28. The van der Waals surface area contributed by atoms with Gasteiger partial charge in [-0.15, -0.1) is 0 Å². The van der Waals surface area contributed by atoms with E-state index in [-0.39, 0.29) is 0 Å². The van der Waals surface area contributed by atoms with E-state index in [0.717, 1.165) is 21.0 Å². The van der Waals surface area contributed by atoms with Crippen LogP contribution in [0.5, 0.6) is 11.5 Å². The molecule has 4 heteroatoms. The highest BCUT2D eigenvalue weighted by Crippen LogP contribution is 2.27. The average molecular weight is 399 g/mol. The zero-order valence-electron chi connectivity index (χ0n) is 14.2. The fourth-order valence-corrected chi connectivity index (χ4v) is 2.89. The molecule has 25 heavy (non-hydrogen) atoms. The van der Waals surface area contributed by atoms with Gasteiger partial charge in [0.05, 0.1) is 16.6 Å². The Morgan fingerprint density at radius 2 is 1.76 bits per heavy atom. The molecule has 0 atom stereocenters. The first-order valence-corrected chi connectivity index (χ1v) is 8.95. The molecular weight excluding hydrogens is 380 g/mol. The average Bonchev–Trinajstić information content (AvgIpc) is 2.60. The highest BCUT2D eigenvalue weighted by Gasteiger charge is 2.12. The van der Waals surface area contributed by atoms with Gasteiger partial charge in [-0.05, 0) is 63.0 Å². The van der Waals surface area contributed by atoms with Gasteiger partial charge >= 0.3 is 5.97 Å². The second-order valence-electron chi connectivity index (χ2n) is 6.25. The highest BCUT2D eigenvalue weighted by molar-refractivity contribution is 9.10. The minimum absolute atomic E-state index is 0.397. The molecule has 0 aliphatic carbocycles. The first-order valence-electron chi connectivity index (χ1n) is 8.16. The van der Waals surface area contributed by atoms with Crippen molar-refractivity contribution in [1.29, 1.82) is 0 Å². The molecule has 0 radical (unpaired) electrons. The van der Waals surface area contributed by atoms with E-state index >= 15 is 0 Å². The van der Waals surface area contributed by atoms with Gasteiger partial charge in [0.15, 0.2) is 0 Å². The number of carbonyl (C=O) groups excluding carboxylic acids is 1. The monoisotopic (exact) mass is 398 g/mol. The van der Waals surface area contributed by atoms with Gasteiger partial charge in [-0.2, -0.15) is 0 Å². The van der Waals surface area contributed by atoms with Crippen LogP contribution in [0.2, 0.25) is 0 Å². The summed E-state index contributed by atoms with van der Waals surface area (Å²) in [6, 6.07) is 18.8. The number of rotatable bonds is 5. The summed E-state index contributed by atoms with van der Waals surface area (Å²) < 4.78 is 11.9. The van der Waals surface area contributed by atoms with Crippen LogP contribution in [0.25, 0.3) is 10.8 Å². The van der Waals surface area contributed by atoms with Crippen molar-refractivity contribution in [3.63, 3.8) is 0 Å². The molecule has 0 bridgehead atoms. The molecule has 0 spiro atoms. The van der Waals surface area contributed by atoms with Gasteiger partial charge in [0, 0.05) is 0 Å². The quantitative estimate of drug-likeness (QED) is 0.399. The van der Waals surface area contributed by atoms with E-state index in [1.165, 1.54) is 0 Å². The fourth-order valence-electron chi connectivity index (χ4n) is 2.40. The zero-order valence-corrected chi connectivity index (χ0v) is 15.7. The number of hydrogen-bond acceptors (Lipinski definition) is 3.